The second-order valence-electron chi connectivity index (χ2n) is 3.93. The molecule has 0 bridgehead atoms. The number of carboxylic acids is 1. The number of pyridine rings is 1. The second kappa shape index (κ2) is 4.91. The van der Waals surface area contributed by atoms with Crippen molar-refractivity contribution in [2.75, 3.05) is 6.54 Å². The third-order valence-electron chi connectivity index (χ3n) is 2.72. The van der Waals surface area contributed by atoms with Crippen LogP contribution in [-0.2, 0) is 4.79 Å². The molecule has 7 heteroatoms. The van der Waals surface area contributed by atoms with E-state index in [9.17, 15) is 9.59 Å². The summed E-state index contributed by atoms with van der Waals surface area (Å²) in [6, 6.07) is 4.04. The van der Waals surface area contributed by atoms with Crippen molar-refractivity contribution in [3.63, 3.8) is 0 Å². The number of aromatic nitrogens is 1. The van der Waals surface area contributed by atoms with E-state index >= 15 is 0 Å². The Labute approximate surface area is 103 Å². The normalized spacial score (nSPS) is 22.8. The number of rotatable bonds is 3. The molecular weight excluding hydrogens is 240 g/mol. The van der Waals surface area contributed by atoms with Gasteiger partial charge in [-0.25, -0.2) is 14.6 Å². The monoisotopic (exact) mass is 252 g/mol. The van der Waals surface area contributed by atoms with Crippen LogP contribution in [0, 0.1) is 0 Å². The lowest BCUT2D eigenvalue weighted by Gasteiger charge is -2.16. The molecule has 18 heavy (non-hydrogen) atoms. The van der Waals surface area contributed by atoms with Gasteiger partial charge in [0, 0.05) is 18.7 Å². The zero-order chi connectivity index (χ0) is 13.1. The summed E-state index contributed by atoms with van der Waals surface area (Å²) in [5.41, 5.74) is 0. The average Bonchev–Trinajstić information content (AvgIpc) is 2.74. The lowest BCUT2D eigenvalue weighted by atomic mass is 10.2. The SMILES string of the molecule is O=C(O)[C@H]1C[C@H](Oc2ccccn2)CN1C(=O)O. The first-order chi connectivity index (χ1) is 8.58. The lowest BCUT2D eigenvalue weighted by Crippen LogP contribution is -2.39. The van der Waals surface area contributed by atoms with Crippen molar-refractivity contribution in [2.45, 2.75) is 18.6 Å². The van der Waals surface area contributed by atoms with Gasteiger partial charge in [0.1, 0.15) is 12.1 Å². The number of nitrogens with zero attached hydrogens (tertiary/aromatic N) is 2. The molecule has 2 atom stereocenters. The summed E-state index contributed by atoms with van der Waals surface area (Å²) in [4.78, 5) is 26.7. The molecule has 0 saturated carbocycles. The molecule has 2 N–H and O–H groups in total. The first kappa shape index (κ1) is 12.2. The highest BCUT2D eigenvalue weighted by Crippen LogP contribution is 2.22. The van der Waals surface area contributed by atoms with Gasteiger partial charge in [0.05, 0.1) is 6.54 Å². The van der Waals surface area contributed by atoms with E-state index in [1.54, 1.807) is 24.4 Å². The van der Waals surface area contributed by atoms with Gasteiger partial charge in [0.15, 0.2) is 0 Å². The predicted molar refractivity (Wildman–Crippen MR) is 59.4 cm³/mol. The highest BCUT2D eigenvalue weighted by atomic mass is 16.5. The Morgan fingerprint density at radius 1 is 1.39 bits per heavy atom. The number of ether oxygens (including phenoxy) is 1. The average molecular weight is 252 g/mol. The first-order valence-electron chi connectivity index (χ1n) is 5.38. The molecule has 1 aromatic heterocycles. The molecule has 1 amide bonds. The molecule has 0 radical (unpaired) electrons. The molecule has 1 aromatic rings. The molecular formula is C11H12N2O5. The predicted octanol–water partition coefficient (Wildman–Crippen LogP) is 0.666. The third kappa shape index (κ3) is 2.50. The molecule has 96 valence electrons. The number of likely N-dealkylation sites (tertiary alicyclic amines) is 1. The summed E-state index contributed by atoms with van der Waals surface area (Å²) >= 11 is 0. The zero-order valence-electron chi connectivity index (χ0n) is 9.39. The maximum absolute atomic E-state index is 10.9. The first-order valence-corrected chi connectivity index (χ1v) is 5.38. The van der Waals surface area contributed by atoms with E-state index in [0.29, 0.717) is 5.88 Å². The summed E-state index contributed by atoms with van der Waals surface area (Å²) in [6.45, 7) is 0.0306. The van der Waals surface area contributed by atoms with Crippen LogP contribution in [0.5, 0.6) is 5.88 Å². The van der Waals surface area contributed by atoms with Gasteiger partial charge in [-0.15, -0.1) is 0 Å². The van der Waals surface area contributed by atoms with Crippen LogP contribution in [0.4, 0.5) is 4.79 Å². The van der Waals surface area contributed by atoms with Crippen molar-refractivity contribution in [2.24, 2.45) is 0 Å². The van der Waals surface area contributed by atoms with Crippen LogP contribution in [0.3, 0.4) is 0 Å². The van der Waals surface area contributed by atoms with Crippen molar-refractivity contribution >= 4 is 12.1 Å². The van der Waals surface area contributed by atoms with Gasteiger partial charge in [-0.1, -0.05) is 6.07 Å². The fourth-order valence-corrected chi connectivity index (χ4v) is 1.92. The fraction of sp³-hybridized carbons (Fsp3) is 0.364. The highest BCUT2D eigenvalue weighted by molar-refractivity contribution is 5.80. The summed E-state index contributed by atoms with van der Waals surface area (Å²) in [5, 5.41) is 17.8. The number of carbonyl (C=O) groups is 2. The molecule has 1 aliphatic rings. The van der Waals surface area contributed by atoms with E-state index in [0.717, 1.165) is 4.90 Å². The minimum atomic E-state index is -1.26. The van der Waals surface area contributed by atoms with Crippen LogP contribution in [0.1, 0.15) is 6.42 Å². The third-order valence-corrected chi connectivity index (χ3v) is 2.72. The van der Waals surface area contributed by atoms with E-state index in [2.05, 4.69) is 4.98 Å². The van der Waals surface area contributed by atoms with Crippen molar-refractivity contribution in [3.05, 3.63) is 24.4 Å². The highest BCUT2D eigenvalue weighted by Gasteiger charge is 2.41. The van der Waals surface area contributed by atoms with Gasteiger partial charge in [0.25, 0.3) is 0 Å². The second-order valence-corrected chi connectivity index (χ2v) is 3.93. The van der Waals surface area contributed by atoms with Gasteiger partial charge in [-0.3, -0.25) is 4.90 Å². The largest absolute Gasteiger partial charge is 0.480 e. The summed E-state index contributed by atoms with van der Waals surface area (Å²) in [6.07, 6.45) is -0.0711. The number of aliphatic carboxylic acids is 1. The summed E-state index contributed by atoms with van der Waals surface area (Å²) < 4.78 is 5.46. The molecule has 0 unspecified atom stereocenters. The number of amides is 1. The Kier molecular flexibility index (Phi) is 3.31. The van der Waals surface area contributed by atoms with Crippen LogP contribution in [-0.4, -0.2) is 50.9 Å². The molecule has 1 aliphatic heterocycles. The molecule has 1 saturated heterocycles. The van der Waals surface area contributed by atoms with Gasteiger partial charge in [-0.2, -0.15) is 0 Å². The topological polar surface area (TPSA) is 100.0 Å². The van der Waals surface area contributed by atoms with Crippen LogP contribution < -0.4 is 4.74 Å². The molecule has 0 aromatic carbocycles. The van der Waals surface area contributed by atoms with Crippen molar-refractivity contribution < 1.29 is 24.5 Å². The molecule has 1 fully saturated rings. The molecule has 2 heterocycles. The van der Waals surface area contributed by atoms with E-state index < -0.39 is 24.2 Å². The van der Waals surface area contributed by atoms with E-state index in [1.807, 2.05) is 0 Å². The Hall–Kier alpha value is -2.31. The van der Waals surface area contributed by atoms with E-state index in [-0.39, 0.29) is 13.0 Å². The molecule has 0 aliphatic carbocycles. The zero-order valence-corrected chi connectivity index (χ0v) is 9.39. The van der Waals surface area contributed by atoms with Gasteiger partial charge >= 0.3 is 12.1 Å². The quantitative estimate of drug-likeness (QED) is 0.819. The standard InChI is InChI=1S/C11H12N2O5/c14-10(15)8-5-7(6-13(8)11(16)17)18-9-3-1-2-4-12-9/h1-4,7-8H,5-6H2,(H,14,15)(H,16,17)/t7-,8+/m0/s1. The van der Waals surface area contributed by atoms with Gasteiger partial charge in [-0.05, 0) is 6.07 Å². The van der Waals surface area contributed by atoms with Crippen molar-refractivity contribution in [1.29, 1.82) is 0 Å². The minimum Gasteiger partial charge on any atom is -0.480 e. The molecule has 2 rings (SSSR count). The smallest absolute Gasteiger partial charge is 0.408 e. The van der Waals surface area contributed by atoms with E-state index in [1.165, 1.54) is 0 Å². The maximum atomic E-state index is 10.9. The Balaban J connectivity index is 2.05. The minimum absolute atomic E-state index is 0.0306. The van der Waals surface area contributed by atoms with Crippen LogP contribution in [0.25, 0.3) is 0 Å². The fourth-order valence-electron chi connectivity index (χ4n) is 1.92. The lowest BCUT2D eigenvalue weighted by molar-refractivity contribution is -0.141. The Morgan fingerprint density at radius 2 is 2.17 bits per heavy atom. The van der Waals surface area contributed by atoms with Gasteiger partial charge < -0.3 is 14.9 Å². The van der Waals surface area contributed by atoms with Gasteiger partial charge in [0.2, 0.25) is 5.88 Å². The number of hydrogen-bond acceptors (Lipinski definition) is 4. The summed E-state index contributed by atoms with van der Waals surface area (Å²) in [5.74, 6) is -0.802. The van der Waals surface area contributed by atoms with Crippen molar-refractivity contribution in [1.82, 2.24) is 9.88 Å². The van der Waals surface area contributed by atoms with E-state index in [4.69, 9.17) is 14.9 Å². The Morgan fingerprint density at radius 3 is 2.67 bits per heavy atom. The maximum Gasteiger partial charge on any atom is 0.408 e. The Bertz CT molecular complexity index is 428. The number of hydrogen-bond donors (Lipinski definition) is 2. The summed E-state index contributed by atoms with van der Waals surface area (Å²) in [7, 11) is 0. The van der Waals surface area contributed by atoms with Crippen LogP contribution >= 0.6 is 0 Å². The van der Waals surface area contributed by atoms with Crippen molar-refractivity contribution in [3.8, 4) is 5.88 Å². The molecule has 7 nitrogen and oxygen atoms in total. The molecule has 0 spiro atoms. The van der Waals surface area contributed by atoms with Crippen LogP contribution in [0.15, 0.2) is 24.4 Å². The number of carboxylic acid groups (broad SMARTS) is 2. The van der Waals surface area contributed by atoms with Crippen LogP contribution in [0.2, 0.25) is 0 Å².